The molecule has 7 nitrogen and oxygen atoms in total. The van der Waals surface area contributed by atoms with E-state index in [1.165, 1.54) is 4.68 Å². The molecule has 4 aromatic heterocycles. The van der Waals surface area contributed by atoms with Gasteiger partial charge in [0.15, 0.2) is 0 Å². The van der Waals surface area contributed by atoms with Gasteiger partial charge in [-0.1, -0.05) is 0 Å². The summed E-state index contributed by atoms with van der Waals surface area (Å²) in [6.07, 6.45) is 8.06. The molecule has 0 aromatic carbocycles. The first-order valence-electron chi connectivity index (χ1n) is 5.95. The minimum absolute atomic E-state index is 0. The van der Waals surface area contributed by atoms with E-state index in [0.29, 0.717) is 16.9 Å². The molecule has 0 saturated heterocycles. The van der Waals surface area contributed by atoms with Crippen molar-refractivity contribution in [3.63, 3.8) is 0 Å². The van der Waals surface area contributed by atoms with Crippen LogP contribution in [0.5, 0.6) is 0 Å². The molecule has 4 aromatic rings. The van der Waals surface area contributed by atoms with Crippen molar-refractivity contribution in [2.75, 3.05) is 0 Å². The lowest BCUT2D eigenvalue weighted by molar-refractivity contribution is 0.794. The number of aromatic amines is 1. The molecule has 0 spiro atoms. The minimum atomic E-state index is -0.232. The number of hydrogen-bond donors (Lipinski definition) is 1. The average molecular weight is 301 g/mol. The zero-order valence-electron chi connectivity index (χ0n) is 10.6. The fourth-order valence-electron chi connectivity index (χ4n) is 2.15. The Morgan fingerprint density at radius 1 is 1.00 bits per heavy atom. The first-order chi connectivity index (χ1) is 9.84. The molecule has 0 aliphatic rings. The van der Waals surface area contributed by atoms with Crippen LogP contribution in [-0.4, -0.2) is 29.7 Å². The van der Waals surface area contributed by atoms with Crippen LogP contribution in [0.15, 0.2) is 47.9 Å². The maximum Gasteiger partial charge on any atom is 0.283 e. The lowest BCUT2D eigenvalue weighted by Gasteiger charge is -1.97. The van der Waals surface area contributed by atoms with Crippen molar-refractivity contribution in [2.24, 2.45) is 0 Å². The molecule has 8 heteroatoms. The van der Waals surface area contributed by atoms with Gasteiger partial charge in [-0.15, -0.1) is 12.4 Å². The van der Waals surface area contributed by atoms with Gasteiger partial charge >= 0.3 is 0 Å². The van der Waals surface area contributed by atoms with Gasteiger partial charge in [-0.2, -0.15) is 4.68 Å². The van der Waals surface area contributed by atoms with Crippen LogP contribution in [0.2, 0.25) is 0 Å². The van der Waals surface area contributed by atoms with Gasteiger partial charge in [0, 0.05) is 36.4 Å². The zero-order valence-corrected chi connectivity index (χ0v) is 11.4. The van der Waals surface area contributed by atoms with E-state index in [0.717, 1.165) is 10.9 Å². The van der Waals surface area contributed by atoms with Crippen LogP contribution < -0.4 is 5.56 Å². The maximum atomic E-state index is 12.4. The summed E-state index contributed by atoms with van der Waals surface area (Å²) in [6, 6.07) is 3.49. The Morgan fingerprint density at radius 3 is 2.62 bits per heavy atom. The summed E-state index contributed by atoms with van der Waals surface area (Å²) in [5, 5.41) is 4.30. The molecule has 21 heavy (non-hydrogen) atoms. The summed E-state index contributed by atoms with van der Waals surface area (Å²) in [5.41, 5.74) is 1.22. The normalized spacial score (nSPS) is 10.7. The quantitative estimate of drug-likeness (QED) is 0.575. The van der Waals surface area contributed by atoms with E-state index in [4.69, 9.17) is 0 Å². The smallest absolute Gasteiger partial charge is 0.283 e. The molecule has 1 N–H and O–H groups in total. The van der Waals surface area contributed by atoms with Gasteiger partial charge in [-0.25, -0.2) is 9.97 Å². The predicted molar refractivity (Wildman–Crippen MR) is 79.8 cm³/mol. The third kappa shape index (κ3) is 1.95. The number of fused-ring (bicyclic) bond motifs is 3. The highest BCUT2D eigenvalue weighted by atomic mass is 35.5. The van der Waals surface area contributed by atoms with Crippen molar-refractivity contribution in [1.29, 1.82) is 0 Å². The monoisotopic (exact) mass is 300 g/mol. The summed E-state index contributed by atoms with van der Waals surface area (Å²) in [7, 11) is 0. The molecule has 0 bridgehead atoms. The standard InChI is InChI=1S/C13H8N6O.ClH/c20-12-9-7-17-10-2-5-14-6-8(10)11(9)18-19(12)13-15-3-1-4-16-13;/h1-7,18H;1H. The fourth-order valence-corrected chi connectivity index (χ4v) is 2.15. The first kappa shape index (κ1) is 13.2. The molecular formula is C13H9ClN6O. The summed E-state index contributed by atoms with van der Waals surface area (Å²) >= 11 is 0. The summed E-state index contributed by atoms with van der Waals surface area (Å²) in [5.74, 6) is 0.297. The molecule has 0 radical (unpaired) electrons. The predicted octanol–water partition coefficient (Wildman–Crippen LogP) is 1.47. The topological polar surface area (TPSA) is 89.4 Å². The van der Waals surface area contributed by atoms with E-state index < -0.39 is 0 Å². The van der Waals surface area contributed by atoms with Crippen molar-refractivity contribution in [3.05, 3.63) is 53.5 Å². The Kier molecular flexibility index (Phi) is 3.11. The van der Waals surface area contributed by atoms with Crippen molar-refractivity contribution in [2.45, 2.75) is 0 Å². The van der Waals surface area contributed by atoms with Crippen LogP contribution in [0.25, 0.3) is 27.8 Å². The number of nitrogens with zero attached hydrogens (tertiary/aromatic N) is 5. The molecule has 4 rings (SSSR count). The fraction of sp³-hybridized carbons (Fsp3) is 0. The van der Waals surface area contributed by atoms with Crippen molar-refractivity contribution in [1.82, 2.24) is 29.7 Å². The summed E-state index contributed by atoms with van der Waals surface area (Å²) in [4.78, 5) is 28.8. The number of rotatable bonds is 1. The SMILES string of the molecule is Cl.O=c1c2cnc3ccncc3c2[nH]n1-c1ncccn1. The van der Waals surface area contributed by atoms with Crippen LogP contribution in [0, 0.1) is 0 Å². The van der Waals surface area contributed by atoms with Crippen molar-refractivity contribution < 1.29 is 0 Å². The molecule has 0 aliphatic heterocycles. The van der Waals surface area contributed by atoms with E-state index in [1.807, 2.05) is 0 Å². The van der Waals surface area contributed by atoms with E-state index in [9.17, 15) is 4.79 Å². The Bertz CT molecular complexity index is 978. The van der Waals surface area contributed by atoms with Gasteiger partial charge in [-0.05, 0) is 12.1 Å². The summed E-state index contributed by atoms with van der Waals surface area (Å²) < 4.78 is 1.30. The maximum absolute atomic E-state index is 12.4. The number of nitrogens with one attached hydrogen (secondary N) is 1. The Morgan fingerprint density at radius 2 is 1.81 bits per heavy atom. The summed E-state index contributed by atoms with van der Waals surface area (Å²) in [6.45, 7) is 0. The van der Waals surface area contributed by atoms with Gasteiger partial charge in [0.05, 0.1) is 16.4 Å². The third-order valence-corrected chi connectivity index (χ3v) is 3.08. The second-order valence-electron chi connectivity index (χ2n) is 4.24. The van der Waals surface area contributed by atoms with E-state index in [-0.39, 0.29) is 18.0 Å². The van der Waals surface area contributed by atoms with Crippen molar-refractivity contribution in [3.8, 4) is 5.95 Å². The molecular weight excluding hydrogens is 292 g/mol. The Balaban J connectivity index is 0.00000132. The average Bonchev–Trinajstić information content (AvgIpc) is 2.86. The lowest BCUT2D eigenvalue weighted by atomic mass is 10.2. The Labute approximate surface area is 124 Å². The van der Waals surface area contributed by atoms with Crippen LogP contribution in [0.1, 0.15) is 0 Å². The van der Waals surface area contributed by atoms with Gasteiger partial charge in [0.2, 0.25) is 0 Å². The number of hydrogen-bond acceptors (Lipinski definition) is 5. The largest absolute Gasteiger partial charge is 0.287 e. The van der Waals surface area contributed by atoms with E-state index in [2.05, 4.69) is 25.0 Å². The molecule has 4 heterocycles. The number of aromatic nitrogens is 6. The van der Waals surface area contributed by atoms with Gasteiger partial charge in [0.1, 0.15) is 0 Å². The van der Waals surface area contributed by atoms with E-state index >= 15 is 0 Å². The highest BCUT2D eigenvalue weighted by Crippen LogP contribution is 2.18. The van der Waals surface area contributed by atoms with Crippen LogP contribution in [-0.2, 0) is 0 Å². The molecule has 0 amide bonds. The van der Waals surface area contributed by atoms with Gasteiger partial charge in [0.25, 0.3) is 11.5 Å². The number of H-pyrrole nitrogens is 1. The first-order valence-corrected chi connectivity index (χ1v) is 5.95. The molecule has 0 fully saturated rings. The lowest BCUT2D eigenvalue weighted by Crippen LogP contribution is -2.16. The second-order valence-corrected chi connectivity index (χ2v) is 4.24. The minimum Gasteiger partial charge on any atom is -0.287 e. The van der Waals surface area contributed by atoms with Crippen LogP contribution >= 0.6 is 12.4 Å². The highest BCUT2D eigenvalue weighted by molar-refractivity contribution is 6.02. The number of pyridine rings is 2. The van der Waals surface area contributed by atoms with Crippen LogP contribution in [0.4, 0.5) is 0 Å². The molecule has 0 atom stereocenters. The second kappa shape index (κ2) is 4.95. The Hall–Kier alpha value is -2.80. The molecule has 0 saturated carbocycles. The molecule has 0 unspecified atom stereocenters. The van der Waals surface area contributed by atoms with E-state index in [1.54, 1.807) is 43.1 Å². The van der Waals surface area contributed by atoms with Crippen LogP contribution in [0.3, 0.4) is 0 Å². The van der Waals surface area contributed by atoms with Gasteiger partial charge in [-0.3, -0.25) is 19.9 Å². The van der Waals surface area contributed by atoms with Gasteiger partial charge < -0.3 is 0 Å². The molecule has 0 aliphatic carbocycles. The number of halogens is 1. The third-order valence-electron chi connectivity index (χ3n) is 3.08. The zero-order chi connectivity index (χ0) is 13.5. The molecule has 104 valence electrons. The highest BCUT2D eigenvalue weighted by Gasteiger charge is 2.12. The van der Waals surface area contributed by atoms with Crippen molar-refractivity contribution >= 4 is 34.2 Å².